The number of pyridine rings is 1. The number of amides is 1. The fourth-order valence-electron chi connectivity index (χ4n) is 8.16. The molecule has 3 aromatic rings. The third-order valence-electron chi connectivity index (χ3n) is 13.0. The fourth-order valence-corrected chi connectivity index (χ4v) is 8.16. The van der Waals surface area contributed by atoms with Gasteiger partial charge < -0.3 is 25.3 Å². The SMILES string of the molecule is C/C=C\C(=C/C(C)CC)c1cc(C(F)(F)F)nn1CC(C)(C)NC(=O)C(C)CC(=C/NC)/C=C/CC.CC.CC=O.CCC(C)C=O.CCCC1CC1c1ccc(-c2cnc(C)c(/C=C\C(=C(C)CC)C(C)(C)O)c2)cc1. The molecule has 0 aliphatic heterocycles. The Morgan fingerprint density at radius 2 is 1.52 bits per heavy atom. The molecule has 2 heterocycles. The summed E-state index contributed by atoms with van der Waals surface area (Å²) in [6.07, 6.45) is 22.9. The topological polar surface area (TPSA) is 126 Å². The molecule has 5 unspecified atom stereocenters. The molecule has 1 amide bonds. The standard InChI is InChI=1S/C28H43F3N4O.C28H37NO.C5H10O.C2H4O.C2H6/c1-9-12-14-22(18-32-8)16-21(5)26(36)33-27(6,7)19-35-24(17-25(34-35)28(29,30)31)23(13-10-2)15-20(4)11-3;1-7-9-24-17-26(24)22-12-10-21(11-13-22)25-16-23(20(4)29-18-25)14-15-27(19(3)8-2)28(5,6)30;1-3-5(2)4-6;1-2-3;1-2/h10,12-15,17-18,20-21,32H,9,11,16,19H2,1-8H3,(H,33,36);10-16,18,24,26,30H,7-9,17H2,1-6H3;4-5H,3H2,1-2H3;2H,1H3;1-2H3/b13-10-,14-12+,22-18+,23-15+;15-14-,27-19?;;;. The molecule has 3 N–H and O–H groups in total. The Balaban J connectivity index is 0.00000127. The number of carbonyl (C=O) groups is 3. The maximum atomic E-state index is 13.6. The number of aldehydes is 2. The monoisotopic (exact) mass is 1070 g/mol. The Hall–Kier alpha value is -5.62. The van der Waals surface area contributed by atoms with Gasteiger partial charge in [0.1, 0.15) is 12.6 Å². The van der Waals surface area contributed by atoms with Crippen molar-refractivity contribution < 1.29 is 32.7 Å². The lowest BCUT2D eigenvalue weighted by molar-refractivity contribution is -0.141. The molecule has 1 fully saturated rings. The normalized spacial score (nSPS) is 16.3. The van der Waals surface area contributed by atoms with Crippen molar-refractivity contribution in [3.05, 3.63) is 130 Å². The van der Waals surface area contributed by atoms with E-state index in [1.165, 1.54) is 47.6 Å². The van der Waals surface area contributed by atoms with Crippen molar-refractivity contribution in [3.63, 3.8) is 0 Å². The molecule has 0 spiro atoms. The molecule has 0 saturated heterocycles. The predicted octanol–water partition coefficient (Wildman–Crippen LogP) is 16.8. The molecule has 1 aromatic carbocycles. The highest BCUT2D eigenvalue weighted by molar-refractivity contribution is 5.79. The zero-order chi connectivity index (χ0) is 59.1. The summed E-state index contributed by atoms with van der Waals surface area (Å²) in [5.74, 6) is 1.61. The van der Waals surface area contributed by atoms with E-state index >= 15 is 0 Å². The number of hydrogen-bond donors (Lipinski definition) is 3. The van der Waals surface area contributed by atoms with E-state index in [4.69, 9.17) is 4.79 Å². The van der Waals surface area contributed by atoms with Gasteiger partial charge in [-0.1, -0.05) is 161 Å². The van der Waals surface area contributed by atoms with Crippen LogP contribution in [0, 0.1) is 30.6 Å². The van der Waals surface area contributed by atoms with Gasteiger partial charge in [0.2, 0.25) is 5.91 Å². The number of halogens is 3. The maximum absolute atomic E-state index is 13.6. The highest BCUT2D eigenvalue weighted by atomic mass is 19.4. The quantitative estimate of drug-likeness (QED) is 0.0638. The second kappa shape index (κ2) is 36.5. The number of allylic oxidation sites excluding steroid dienone is 8. The van der Waals surface area contributed by atoms with E-state index in [0.717, 1.165) is 84.1 Å². The number of benzene rings is 1. The first kappa shape index (κ1) is 71.4. The molecule has 1 aliphatic rings. The number of nitrogens with zero attached hydrogens (tertiary/aromatic N) is 3. The number of rotatable bonds is 23. The molecule has 4 rings (SSSR count). The highest BCUT2D eigenvalue weighted by Crippen LogP contribution is 2.50. The Morgan fingerprint density at radius 1 is 0.909 bits per heavy atom. The summed E-state index contributed by atoms with van der Waals surface area (Å²) in [6.45, 7) is 35.0. The smallest absolute Gasteiger partial charge is 0.394 e. The largest absolute Gasteiger partial charge is 0.435 e. The van der Waals surface area contributed by atoms with Crippen LogP contribution in [-0.2, 0) is 27.1 Å². The molecule has 1 aliphatic carbocycles. The Bertz CT molecular complexity index is 2400. The van der Waals surface area contributed by atoms with Crippen LogP contribution in [0.2, 0.25) is 0 Å². The average Bonchev–Trinajstić information content (AvgIpc) is 4.03. The molecule has 0 radical (unpaired) electrons. The molecule has 430 valence electrons. The number of carbonyl (C=O) groups excluding carboxylic acids is 3. The van der Waals surface area contributed by atoms with Crippen LogP contribution in [0.15, 0.2) is 102 Å². The van der Waals surface area contributed by atoms with E-state index in [1.54, 1.807) is 26.0 Å². The third kappa shape index (κ3) is 26.5. The van der Waals surface area contributed by atoms with Gasteiger partial charge in [-0.3, -0.25) is 14.5 Å². The summed E-state index contributed by atoms with van der Waals surface area (Å²) in [7, 11) is 1.81. The summed E-state index contributed by atoms with van der Waals surface area (Å²) in [4.78, 5) is 36.2. The van der Waals surface area contributed by atoms with Crippen molar-refractivity contribution in [1.29, 1.82) is 0 Å². The van der Waals surface area contributed by atoms with Crippen LogP contribution in [0.3, 0.4) is 0 Å². The van der Waals surface area contributed by atoms with Crippen molar-refractivity contribution in [3.8, 4) is 11.1 Å². The second-order valence-electron chi connectivity index (χ2n) is 21.0. The fraction of sp³-hybridized carbons (Fsp3) is 0.554. The summed E-state index contributed by atoms with van der Waals surface area (Å²) in [5.41, 5.74) is 7.49. The van der Waals surface area contributed by atoms with E-state index in [0.29, 0.717) is 17.7 Å². The summed E-state index contributed by atoms with van der Waals surface area (Å²) in [6, 6.07) is 12.4. The summed E-state index contributed by atoms with van der Waals surface area (Å²) < 4.78 is 42.1. The van der Waals surface area contributed by atoms with E-state index in [1.807, 2.05) is 121 Å². The lowest BCUT2D eigenvalue weighted by Crippen LogP contribution is -2.48. The van der Waals surface area contributed by atoms with Crippen LogP contribution < -0.4 is 10.6 Å². The van der Waals surface area contributed by atoms with E-state index in [2.05, 4.69) is 84.0 Å². The van der Waals surface area contributed by atoms with Gasteiger partial charge >= 0.3 is 6.18 Å². The number of alkyl halides is 3. The van der Waals surface area contributed by atoms with Gasteiger partial charge in [0.05, 0.1) is 23.4 Å². The number of hydrogen-bond acceptors (Lipinski definition) is 7. The molecular formula is C65H100F3N5O4. The first-order valence-corrected chi connectivity index (χ1v) is 28.1. The van der Waals surface area contributed by atoms with E-state index < -0.39 is 23.0 Å². The molecule has 9 nitrogen and oxygen atoms in total. The first-order chi connectivity index (χ1) is 36.2. The van der Waals surface area contributed by atoms with Crippen LogP contribution in [0.25, 0.3) is 22.8 Å². The zero-order valence-electron chi connectivity index (χ0n) is 50.7. The van der Waals surface area contributed by atoms with Crippen molar-refractivity contribution in [2.45, 2.75) is 206 Å². The van der Waals surface area contributed by atoms with Gasteiger partial charge in [-0.05, 0) is 157 Å². The number of aliphatic hydroxyl groups is 1. The minimum atomic E-state index is -4.57. The van der Waals surface area contributed by atoms with Crippen molar-refractivity contribution in [2.75, 3.05) is 7.05 Å². The Kier molecular flexibility index (Phi) is 33.8. The second-order valence-corrected chi connectivity index (χ2v) is 21.0. The van der Waals surface area contributed by atoms with Gasteiger partial charge in [-0.15, -0.1) is 0 Å². The van der Waals surface area contributed by atoms with Crippen LogP contribution >= 0.6 is 0 Å². The van der Waals surface area contributed by atoms with Crippen LogP contribution in [0.5, 0.6) is 0 Å². The van der Waals surface area contributed by atoms with Gasteiger partial charge in [0.25, 0.3) is 0 Å². The van der Waals surface area contributed by atoms with Crippen molar-refractivity contribution >= 4 is 30.1 Å². The molecule has 1 saturated carbocycles. The lowest BCUT2D eigenvalue weighted by Gasteiger charge is -2.29. The number of aryl methyl sites for hydroxylation is 1. The molecule has 2 aromatic heterocycles. The zero-order valence-corrected chi connectivity index (χ0v) is 50.7. The first-order valence-electron chi connectivity index (χ1n) is 28.1. The number of nitrogens with one attached hydrogen (secondary N) is 2. The van der Waals surface area contributed by atoms with Crippen molar-refractivity contribution in [2.24, 2.45) is 23.7 Å². The number of aromatic nitrogens is 3. The molecular weight excluding hydrogens is 972 g/mol. The highest BCUT2D eigenvalue weighted by Gasteiger charge is 2.38. The molecule has 0 bridgehead atoms. The van der Waals surface area contributed by atoms with Gasteiger partial charge in [0.15, 0.2) is 5.69 Å². The van der Waals surface area contributed by atoms with Gasteiger partial charge in [0, 0.05) is 36.3 Å². The minimum absolute atomic E-state index is 0.0845. The van der Waals surface area contributed by atoms with Crippen molar-refractivity contribution in [1.82, 2.24) is 25.4 Å². The van der Waals surface area contributed by atoms with Crippen LogP contribution in [0.1, 0.15) is 203 Å². The lowest BCUT2D eigenvalue weighted by atomic mass is 9.91. The van der Waals surface area contributed by atoms with Gasteiger partial charge in [-0.2, -0.15) is 18.3 Å². The third-order valence-corrected chi connectivity index (χ3v) is 13.0. The Morgan fingerprint density at radius 3 is 2.00 bits per heavy atom. The van der Waals surface area contributed by atoms with E-state index in [-0.39, 0.29) is 30.2 Å². The molecule has 12 heteroatoms. The summed E-state index contributed by atoms with van der Waals surface area (Å²) in [5, 5.41) is 20.5. The molecule has 77 heavy (non-hydrogen) atoms. The minimum Gasteiger partial charge on any atom is -0.394 e. The summed E-state index contributed by atoms with van der Waals surface area (Å²) >= 11 is 0. The van der Waals surface area contributed by atoms with Gasteiger partial charge in [-0.25, -0.2) is 0 Å². The van der Waals surface area contributed by atoms with E-state index in [9.17, 15) is 27.9 Å². The molecule has 5 atom stereocenters. The van der Waals surface area contributed by atoms with Crippen LogP contribution in [-0.4, -0.2) is 56.5 Å². The maximum Gasteiger partial charge on any atom is 0.435 e. The predicted molar refractivity (Wildman–Crippen MR) is 319 cm³/mol. The Labute approximate surface area is 464 Å². The average molecular weight is 1070 g/mol. The van der Waals surface area contributed by atoms with Crippen LogP contribution in [0.4, 0.5) is 13.2 Å².